The smallest absolute Gasteiger partial charge is 0.274 e. The van der Waals surface area contributed by atoms with Crippen molar-refractivity contribution in [3.05, 3.63) is 52.8 Å². The molecule has 0 radical (unpaired) electrons. The van der Waals surface area contributed by atoms with Crippen molar-refractivity contribution < 1.29 is 9.53 Å². The maximum atomic E-state index is 12.0. The Labute approximate surface area is 124 Å². The summed E-state index contributed by atoms with van der Waals surface area (Å²) in [6.07, 6.45) is 0. The summed E-state index contributed by atoms with van der Waals surface area (Å²) in [4.78, 5) is 16.0. The predicted molar refractivity (Wildman–Crippen MR) is 77.4 cm³/mol. The Morgan fingerprint density at radius 1 is 1.30 bits per heavy atom. The van der Waals surface area contributed by atoms with Crippen LogP contribution >= 0.6 is 15.9 Å². The van der Waals surface area contributed by atoms with Crippen LogP contribution in [0.25, 0.3) is 0 Å². The SMILES string of the molecule is N#CCOc1ccc(NC(=O)c2cccc(Br)n2)cc1. The van der Waals surface area contributed by atoms with Gasteiger partial charge in [-0.2, -0.15) is 5.26 Å². The molecule has 1 amide bonds. The second-order valence-corrected chi connectivity index (χ2v) is 4.58. The number of nitrogens with one attached hydrogen (secondary N) is 1. The predicted octanol–water partition coefficient (Wildman–Crippen LogP) is 3.00. The summed E-state index contributed by atoms with van der Waals surface area (Å²) in [5.41, 5.74) is 0.949. The van der Waals surface area contributed by atoms with Crippen LogP contribution in [-0.2, 0) is 0 Å². The third-order valence-corrected chi connectivity index (χ3v) is 2.80. The zero-order chi connectivity index (χ0) is 14.4. The molecule has 0 unspecified atom stereocenters. The number of amides is 1. The number of benzene rings is 1. The summed E-state index contributed by atoms with van der Waals surface area (Å²) in [6.45, 7) is -0.00628. The Hall–Kier alpha value is -2.39. The molecular formula is C14H10BrN3O2. The van der Waals surface area contributed by atoms with Crippen LogP contribution in [0.5, 0.6) is 5.75 Å². The maximum absolute atomic E-state index is 12.0. The fourth-order valence-corrected chi connectivity index (χ4v) is 1.82. The third kappa shape index (κ3) is 3.80. The highest BCUT2D eigenvalue weighted by molar-refractivity contribution is 9.10. The summed E-state index contributed by atoms with van der Waals surface area (Å²) < 4.78 is 5.73. The maximum Gasteiger partial charge on any atom is 0.274 e. The van der Waals surface area contributed by atoms with E-state index in [0.717, 1.165) is 0 Å². The van der Waals surface area contributed by atoms with E-state index in [0.29, 0.717) is 21.7 Å². The number of ether oxygens (including phenoxy) is 1. The van der Waals surface area contributed by atoms with Gasteiger partial charge in [0, 0.05) is 5.69 Å². The van der Waals surface area contributed by atoms with E-state index in [1.807, 2.05) is 6.07 Å². The normalized spacial score (nSPS) is 9.60. The molecule has 1 heterocycles. The average Bonchev–Trinajstić information content (AvgIpc) is 2.46. The molecule has 0 spiro atoms. The van der Waals surface area contributed by atoms with Crippen molar-refractivity contribution in [1.29, 1.82) is 5.26 Å². The lowest BCUT2D eigenvalue weighted by molar-refractivity contribution is 0.102. The second-order valence-electron chi connectivity index (χ2n) is 3.77. The van der Waals surface area contributed by atoms with E-state index in [9.17, 15) is 4.79 Å². The standard InChI is InChI=1S/C14H10BrN3O2/c15-13-3-1-2-12(18-13)14(19)17-10-4-6-11(7-5-10)20-9-8-16/h1-7H,9H2,(H,17,19). The van der Waals surface area contributed by atoms with Crippen LogP contribution in [0.3, 0.4) is 0 Å². The number of pyridine rings is 1. The number of nitriles is 1. The number of nitrogens with zero attached hydrogens (tertiary/aromatic N) is 2. The molecule has 0 atom stereocenters. The zero-order valence-electron chi connectivity index (χ0n) is 10.3. The Bertz CT molecular complexity index is 650. The van der Waals surface area contributed by atoms with E-state index in [1.54, 1.807) is 42.5 Å². The molecule has 1 aromatic carbocycles. The van der Waals surface area contributed by atoms with Gasteiger partial charge in [-0.25, -0.2) is 4.98 Å². The molecule has 0 aliphatic carbocycles. The van der Waals surface area contributed by atoms with Gasteiger partial charge in [-0.3, -0.25) is 4.79 Å². The van der Waals surface area contributed by atoms with Crippen LogP contribution in [0.15, 0.2) is 47.1 Å². The van der Waals surface area contributed by atoms with E-state index in [4.69, 9.17) is 10.00 Å². The minimum atomic E-state index is -0.294. The fourth-order valence-electron chi connectivity index (χ4n) is 1.48. The highest BCUT2D eigenvalue weighted by Gasteiger charge is 2.07. The number of rotatable bonds is 4. The van der Waals surface area contributed by atoms with Crippen LogP contribution in [0.4, 0.5) is 5.69 Å². The average molecular weight is 332 g/mol. The Morgan fingerprint density at radius 2 is 2.05 bits per heavy atom. The molecule has 0 aliphatic rings. The lowest BCUT2D eigenvalue weighted by Gasteiger charge is -2.06. The molecule has 2 rings (SSSR count). The molecule has 0 bridgehead atoms. The van der Waals surface area contributed by atoms with Gasteiger partial charge in [0.05, 0.1) is 0 Å². The number of anilines is 1. The van der Waals surface area contributed by atoms with Crippen LogP contribution in [0, 0.1) is 11.3 Å². The lowest BCUT2D eigenvalue weighted by Crippen LogP contribution is -2.13. The van der Waals surface area contributed by atoms with Gasteiger partial charge in [-0.15, -0.1) is 0 Å². The number of carbonyl (C=O) groups is 1. The first kappa shape index (κ1) is 14.0. The van der Waals surface area contributed by atoms with E-state index in [1.165, 1.54) is 0 Å². The highest BCUT2D eigenvalue weighted by atomic mass is 79.9. The van der Waals surface area contributed by atoms with Gasteiger partial charge in [0.1, 0.15) is 22.1 Å². The molecule has 0 saturated heterocycles. The van der Waals surface area contributed by atoms with E-state index in [2.05, 4.69) is 26.2 Å². The van der Waals surface area contributed by atoms with Gasteiger partial charge >= 0.3 is 0 Å². The zero-order valence-corrected chi connectivity index (χ0v) is 11.9. The molecule has 6 heteroatoms. The van der Waals surface area contributed by atoms with Crippen LogP contribution < -0.4 is 10.1 Å². The van der Waals surface area contributed by atoms with E-state index >= 15 is 0 Å². The van der Waals surface area contributed by atoms with E-state index < -0.39 is 0 Å². The van der Waals surface area contributed by atoms with Crippen molar-refractivity contribution in [1.82, 2.24) is 4.98 Å². The van der Waals surface area contributed by atoms with Crippen LogP contribution in [-0.4, -0.2) is 17.5 Å². The summed E-state index contributed by atoms with van der Waals surface area (Å²) in [7, 11) is 0. The van der Waals surface area contributed by atoms with Gasteiger partial charge < -0.3 is 10.1 Å². The summed E-state index contributed by atoms with van der Waals surface area (Å²) in [6, 6.07) is 13.8. The minimum absolute atomic E-state index is 0.00628. The van der Waals surface area contributed by atoms with Gasteiger partial charge in [0.25, 0.3) is 5.91 Å². The van der Waals surface area contributed by atoms with Gasteiger partial charge in [0.15, 0.2) is 6.61 Å². The number of carbonyl (C=O) groups excluding carboxylic acids is 1. The monoisotopic (exact) mass is 331 g/mol. The fraction of sp³-hybridized carbons (Fsp3) is 0.0714. The van der Waals surface area contributed by atoms with Crippen molar-refractivity contribution in [2.45, 2.75) is 0 Å². The molecule has 0 aliphatic heterocycles. The van der Waals surface area contributed by atoms with Crippen molar-refractivity contribution >= 4 is 27.5 Å². The Morgan fingerprint density at radius 3 is 2.70 bits per heavy atom. The molecule has 2 aromatic rings. The first-order valence-electron chi connectivity index (χ1n) is 5.73. The third-order valence-electron chi connectivity index (χ3n) is 2.36. The molecule has 1 aromatic heterocycles. The molecule has 100 valence electrons. The van der Waals surface area contributed by atoms with Gasteiger partial charge in [-0.1, -0.05) is 6.07 Å². The van der Waals surface area contributed by atoms with Crippen molar-refractivity contribution in [3.8, 4) is 11.8 Å². The summed E-state index contributed by atoms with van der Waals surface area (Å²) >= 11 is 3.22. The number of aromatic nitrogens is 1. The number of hydrogen-bond donors (Lipinski definition) is 1. The topological polar surface area (TPSA) is 75.0 Å². The second kappa shape index (κ2) is 6.68. The minimum Gasteiger partial charge on any atom is -0.479 e. The molecular weight excluding hydrogens is 322 g/mol. The van der Waals surface area contributed by atoms with Crippen LogP contribution in [0.2, 0.25) is 0 Å². The molecule has 5 nitrogen and oxygen atoms in total. The first-order valence-corrected chi connectivity index (χ1v) is 6.52. The first-order chi connectivity index (χ1) is 9.69. The van der Waals surface area contributed by atoms with Gasteiger partial charge in [0.2, 0.25) is 0 Å². The highest BCUT2D eigenvalue weighted by Crippen LogP contribution is 2.16. The molecule has 1 N–H and O–H groups in total. The summed E-state index contributed by atoms with van der Waals surface area (Å²) in [5, 5.41) is 11.1. The van der Waals surface area contributed by atoms with Gasteiger partial charge in [-0.05, 0) is 52.3 Å². The molecule has 0 saturated carbocycles. The van der Waals surface area contributed by atoms with Crippen molar-refractivity contribution in [2.75, 3.05) is 11.9 Å². The quantitative estimate of drug-likeness (QED) is 0.874. The number of hydrogen-bond acceptors (Lipinski definition) is 4. The largest absolute Gasteiger partial charge is 0.479 e. The summed E-state index contributed by atoms with van der Waals surface area (Å²) in [5.74, 6) is 0.280. The number of halogens is 1. The van der Waals surface area contributed by atoms with Crippen molar-refractivity contribution in [2.24, 2.45) is 0 Å². The molecule has 20 heavy (non-hydrogen) atoms. The van der Waals surface area contributed by atoms with E-state index in [-0.39, 0.29) is 12.5 Å². The lowest BCUT2D eigenvalue weighted by atomic mass is 10.3. The van der Waals surface area contributed by atoms with Crippen molar-refractivity contribution in [3.63, 3.8) is 0 Å². The molecule has 0 fully saturated rings. The Kier molecular flexibility index (Phi) is 4.69. The Balaban J connectivity index is 2.03. The van der Waals surface area contributed by atoms with Crippen LogP contribution in [0.1, 0.15) is 10.5 Å².